The predicted molar refractivity (Wildman–Crippen MR) is 118 cm³/mol. The molecule has 30 heavy (non-hydrogen) atoms. The maximum atomic E-state index is 12.8. The highest BCUT2D eigenvalue weighted by molar-refractivity contribution is 5.94. The SMILES string of the molecule is CN1C(=O)CC[C@@]2(C)C1CC[C@@H]1[C@H]2CC[C@]2(C)CC(NC(=O)c3ccccc3)C[C@@H]12. The lowest BCUT2D eigenvalue weighted by atomic mass is 9.47. The standard InChI is InChI=1S/C26H36N2O2/c1-25-13-11-20-19(9-10-22-26(20,2)14-12-23(29)28(22)3)21(25)15-18(16-25)27-24(30)17-7-5-4-6-8-17/h4-8,18-22H,9-16H2,1-3H3,(H,27,30)/t18?,19-,20-,21+,22?,25-,26-/m1/s1. The Morgan fingerprint density at radius 2 is 1.83 bits per heavy atom. The smallest absolute Gasteiger partial charge is 0.251 e. The van der Waals surface area contributed by atoms with Crippen molar-refractivity contribution in [2.45, 2.75) is 77.3 Å². The molecule has 1 aromatic carbocycles. The molecule has 162 valence electrons. The fourth-order valence-electron chi connectivity index (χ4n) is 8.18. The minimum atomic E-state index is 0.0717. The molecular formula is C26H36N2O2. The van der Waals surface area contributed by atoms with Crippen molar-refractivity contribution in [1.82, 2.24) is 10.2 Å². The van der Waals surface area contributed by atoms with Gasteiger partial charge in [-0.1, -0.05) is 32.0 Å². The number of carbonyl (C=O) groups is 2. The second-order valence-electron chi connectivity index (χ2n) is 11.1. The van der Waals surface area contributed by atoms with Gasteiger partial charge in [-0.25, -0.2) is 0 Å². The molecule has 0 bridgehead atoms. The summed E-state index contributed by atoms with van der Waals surface area (Å²) in [7, 11) is 2.03. The molecule has 1 heterocycles. The predicted octanol–water partition coefficient (Wildman–Crippen LogP) is 4.65. The van der Waals surface area contributed by atoms with Crippen LogP contribution in [0.4, 0.5) is 0 Å². The van der Waals surface area contributed by atoms with Crippen LogP contribution in [0.15, 0.2) is 30.3 Å². The summed E-state index contributed by atoms with van der Waals surface area (Å²) >= 11 is 0. The number of amides is 2. The van der Waals surface area contributed by atoms with Crippen LogP contribution >= 0.6 is 0 Å². The molecule has 1 saturated heterocycles. The molecule has 0 aromatic heterocycles. The lowest BCUT2D eigenvalue weighted by Gasteiger charge is -2.61. The van der Waals surface area contributed by atoms with E-state index in [0.29, 0.717) is 35.6 Å². The first-order valence-corrected chi connectivity index (χ1v) is 11.9. The first-order chi connectivity index (χ1) is 14.3. The average Bonchev–Trinajstić information content (AvgIpc) is 3.08. The first-order valence-electron chi connectivity index (χ1n) is 11.9. The third-order valence-corrected chi connectivity index (χ3v) is 9.70. The van der Waals surface area contributed by atoms with Gasteiger partial charge in [-0.15, -0.1) is 0 Å². The summed E-state index contributed by atoms with van der Waals surface area (Å²) in [5, 5.41) is 3.36. The zero-order chi connectivity index (χ0) is 21.1. The fourth-order valence-corrected chi connectivity index (χ4v) is 8.18. The molecule has 3 aliphatic carbocycles. The zero-order valence-electron chi connectivity index (χ0n) is 18.7. The summed E-state index contributed by atoms with van der Waals surface area (Å²) in [6, 6.07) is 10.3. The Hall–Kier alpha value is -1.84. The van der Waals surface area contributed by atoms with Gasteiger partial charge in [0.2, 0.25) is 5.91 Å². The summed E-state index contributed by atoms with van der Waals surface area (Å²) in [6.07, 6.45) is 8.92. The topological polar surface area (TPSA) is 49.4 Å². The number of benzene rings is 1. The number of likely N-dealkylation sites (tertiary alicyclic amines) is 1. The van der Waals surface area contributed by atoms with Gasteiger partial charge in [-0.05, 0) is 85.7 Å². The second kappa shape index (κ2) is 7.10. The van der Waals surface area contributed by atoms with Crippen molar-refractivity contribution in [3.63, 3.8) is 0 Å². The van der Waals surface area contributed by atoms with Crippen LogP contribution in [-0.2, 0) is 4.79 Å². The van der Waals surface area contributed by atoms with Crippen molar-refractivity contribution < 1.29 is 9.59 Å². The van der Waals surface area contributed by atoms with E-state index in [1.807, 2.05) is 37.4 Å². The van der Waals surface area contributed by atoms with E-state index in [1.54, 1.807) is 0 Å². The van der Waals surface area contributed by atoms with Gasteiger partial charge in [0.1, 0.15) is 0 Å². The first kappa shape index (κ1) is 20.1. The number of hydrogen-bond donors (Lipinski definition) is 1. The number of carbonyl (C=O) groups excluding carboxylic acids is 2. The number of nitrogens with one attached hydrogen (secondary N) is 1. The van der Waals surface area contributed by atoms with Crippen LogP contribution in [0, 0.1) is 28.6 Å². The molecule has 0 radical (unpaired) electrons. The van der Waals surface area contributed by atoms with E-state index in [9.17, 15) is 9.59 Å². The van der Waals surface area contributed by atoms with Gasteiger partial charge in [0.25, 0.3) is 5.91 Å². The van der Waals surface area contributed by atoms with Crippen LogP contribution in [0.3, 0.4) is 0 Å². The molecule has 4 aliphatic rings. The second-order valence-corrected chi connectivity index (χ2v) is 11.1. The molecule has 4 nitrogen and oxygen atoms in total. The summed E-state index contributed by atoms with van der Waals surface area (Å²) in [5.41, 5.74) is 1.37. The number of rotatable bonds is 2. The fraction of sp³-hybridized carbons (Fsp3) is 0.692. The Bertz CT molecular complexity index is 839. The van der Waals surface area contributed by atoms with Gasteiger partial charge in [-0.2, -0.15) is 0 Å². The maximum absolute atomic E-state index is 12.8. The van der Waals surface area contributed by atoms with Crippen LogP contribution in [-0.4, -0.2) is 35.8 Å². The molecule has 0 spiro atoms. The number of nitrogens with zero attached hydrogens (tertiary/aromatic N) is 1. The van der Waals surface area contributed by atoms with E-state index in [4.69, 9.17) is 0 Å². The van der Waals surface area contributed by atoms with Gasteiger partial charge in [-0.3, -0.25) is 9.59 Å². The van der Waals surface area contributed by atoms with Crippen molar-refractivity contribution in [2.75, 3.05) is 7.05 Å². The van der Waals surface area contributed by atoms with Gasteiger partial charge in [0.05, 0.1) is 0 Å². The lowest BCUT2D eigenvalue weighted by Crippen LogP contribution is -2.61. The largest absolute Gasteiger partial charge is 0.349 e. The Kier molecular flexibility index (Phi) is 4.75. The normalized spacial score (nSPS) is 42.8. The summed E-state index contributed by atoms with van der Waals surface area (Å²) in [5.74, 6) is 2.56. The molecule has 5 rings (SSSR count). The monoisotopic (exact) mass is 408 g/mol. The Morgan fingerprint density at radius 3 is 2.60 bits per heavy atom. The highest BCUT2D eigenvalue weighted by Crippen LogP contribution is 2.64. The maximum Gasteiger partial charge on any atom is 0.251 e. The van der Waals surface area contributed by atoms with Crippen molar-refractivity contribution >= 4 is 11.8 Å². The van der Waals surface area contributed by atoms with E-state index < -0.39 is 0 Å². The number of hydrogen-bond acceptors (Lipinski definition) is 2. The third kappa shape index (κ3) is 3.01. The molecule has 1 aromatic rings. The van der Waals surface area contributed by atoms with E-state index in [-0.39, 0.29) is 17.4 Å². The Balaban J connectivity index is 1.34. The summed E-state index contributed by atoms with van der Waals surface area (Å²) < 4.78 is 0. The average molecular weight is 409 g/mol. The third-order valence-electron chi connectivity index (χ3n) is 9.70. The molecule has 7 atom stereocenters. The van der Waals surface area contributed by atoms with Crippen molar-refractivity contribution in [3.05, 3.63) is 35.9 Å². The molecule has 3 saturated carbocycles. The molecule has 4 heteroatoms. The van der Waals surface area contributed by atoms with Gasteiger partial charge in [0, 0.05) is 31.1 Å². The number of fused-ring (bicyclic) bond motifs is 5. The van der Waals surface area contributed by atoms with Crippen LogP contribution in [0.5, 0.6) is 0 Å². The molecule has 1 aliphatic heterocycles. The van der Waals surface area contributed by atoms with E-state index in [1.165, 1.54) is 19.3 Å². The Morgan fingerprint density at radius 1 is 1.07 bits per heavy atom. The minimum Gasteiger partial charge on any atom is -0.349 e. The summed E-state index contributed by atoms with van der Waals surface area (Å²) in [6.45, 7) is 4.96. The molecule has 2 unspecified atom stereocenters. The Labute approximate surface area is 180 Å². The van der Waals surface area contributed by atoms with E-state index in [0.717, 1.165) is 37.2 Å². The minimum absolute atomic E-state index is 0.0717. The van der Waals surface area contributed by atoms with Crippen molar-refractivity contribution in [3.8, 4) is 0 Å². The van der Waals surface area contributed by atoms with Crippen LogP contribution in [0.2, 0.25) is 0 Å². The van der Waals surface area contributed by atoms with Gasteiger partial charge < -0.3 is 10.2 Å². The lowest BCUT2D eigenvalue weighted by molar-refractivity contribution is -0.156. The molecular weight excluding hydrogens is 372 g/mol. The van der Waals surface area contributed by atoms with Crippen molar-refractivity contribution in [1.29, 1.82) is 0 Å². The van der Waals surface area contributed by atoms with Crippen molar-refractivity contribution in [2.24, 2.45) is 28.6 Å². The van der Waals surface area contributed by atoms with Gasteiger partial charge in [0.15, 0.2) is 0 Å². The van der Waals surface area contributed by atoms with Crippen LogP contribution in [0.1, 0.15) is 75.6 Å². The molecule has 1 N–H and O–H groups in total. The van der Waals surface area contributed by atoms with Crippen LogP contribution in [0.25, 0.3) is 0 Å². The van der Waals surface area contributed by atoms with E-state index >= 15 is 0 Å². The summed E-state index contributed by atoms with van der Waals surface area (Å²) in [4.78, 5) is 27.2. The molecule has 2 amide bonds. The quantitative estimate of drug-likeness (QED) is 0.774. The zero-order valence-corrected chi connectivity index (χ0v) is 18.7. The highest BCUT2D eigenvalue weighted by Gasteiger charge is 2.60. The van der Waals surface area contributed by atoms with Gasteiger partial charge >= 0.3 is 0 Å². The van der Waals surface area contributed by atoms with E-state index in [2.05, 4.69) is 24.1 Å². The molecule has 4 fully saturated rings. The number of piperidine rings is 1. The highest BCUT2D eigenvalue weighted by atomic mass is 16.2. The van der Waals surface area contributed by atoms with Crippen LogP contribution < -0.4 is 5.32 Å².